The van der Waals surface area contributed by atoms with Gasteiger partial charge >= 0.3 is 0 Å². The van der Waals surface area contributed by atoms with Gasteiger partial charge in [-0.25, -0.2) is 9.98 Å². The van der Waals surface area contributed by atoms with Gasteiger partial charge in [0.2, 0.25) is 5.91 Å². The number of nitrogens with two attached hydrogens (primary N) is 1. The summed E-state index contributed by atoms with van der Waals surface area (Å²) in [4.78, 5) is 21.9. The first-order valence-electron chi connectivity index (χ1n) is 12.7. The van der Waals surface area contributed by atoms with Crippen molar-refractivity contribution >= 4 is 23.2 Å². The molecule has 4 aliphatic carbocycles. The van der Waals surface area contributed by atoms with Crippen molar-refractivity contribution in [2.24, 2.45) is 28.5 Å². The number of hydrogen-bond donors (Lipinski definition) is 2. The fraction of sp³-hybridized carbons (Fsp3) is 0.464. The Bertz CT molecular complexity index is 1220. The summed E-state index contributed by atoms with van der Waals surface area (Å²) in [5.74, 6) is 2.54. The Kier molecular flexibility index (Phi) is 5.75. The van der Waals surface area contributed by atoms with Crippen molar-refractivity contribution in [3.63, 3.8) is 0 Å². The summed E-state index contributed by atoms with van der Waals surface area (Å²) in [6, 6.07) is 14.9. The van der Waals surface area contributed by atoms with E-state index in [-0.39, 0.29) is 23.8 Å². The highest BCUT2D eigenvalue weighted by atomic mass is 32.1. The van der Waals surface area contributed by atoms with E-state index < -0.39 is 0 Å². The molecule has 35 heavy (non-hydrogen) atoms. The molecule has 7 heteroatoms. The number of guanidine groups is 1. The number of nitrogens with one attached hydrogen (secondary N) is 1. The van der Waals surface area contributed by atoms with Crippen molar-refractivity contribution < 1.29 is 4.79 Å². The third-order valence-electron chi connectivity index (χ3n) is 8.25. The minimum atomic E-state index is -0.138. The van der Waals surface area contributed by atoms with Crippen LogP contribution >= 0.6 is 11.3 Å². The third kappa shape index (κ3) is 4.42. The van der Waals surface area contributed by atoms with Gasteiger partial charge < -0.3 is 10.3 Å². The molecule has 6 nitrogen and oxygen atoms in total. The summed E-state index contributed by atoms with van der Waals surface area (Å²) in [7, 11) is 0. The van der Waals surface area contributed by atoms with Crippen LogP contribution in [0.5, 0.6) is 0 Å². The van der Waals surface area contributed by atoms with Gasteiger partial charge in [0.15, 0.2) is 5.96 Å². The molecule has 7 rings (SSSR count). The van der Waals surface area contributed by atoms with Crippen LogP contribution in [0.4, 0.5) is 0 Å². The van der Waals surface area contributed by atoms with E-state index in [2.05, 4.69) is 56.3 Å². The van der Waals surface area contributed by atoms with Crippen LogP contribution in [0.1, 0.15) is 54.9 Å². The second-order valence-electron chi connectivity index (χ2n) is 10.9. The monoisotopic (exact) mass is 487 g/mol. The number of carbonyl (C=O) groups excluding carboxylic acids is 1. The molecule has 4 bridgehead atoms. The lowest BCUT2D eigenvalue weighted by atomic mass is 9.49. The van der Waals surface area contributed by atoms with Gasteiger partial charge in [0.05, 0.1) is 6.54 Å². The van der Waals surface area contributed by atoms with E-state index >= 15 is 0 Å². The zero-order valence-corrected chi connectivity index (χ0v) is 21.1. The Balaban J connectivity index is 1.27. The number of aryl methyl sites for hydroxylation is 1. The molecule has 4 saturated carbocycles. The first kappa shape index (κ1) is 22.5. The van der Waals surface area contributed by atoms with Crippen LogP contribution in [-0.4, -0.2) is 21.4 Å². The predicted octanol–water partition coefficient (Wildman–Crippen LogP) is 5.02. The van der Waals surface area contributed by atoms with Gasteiger partial charge in [0.25, 0.3) is 0 Å². The summed E-state index contributed by atoms with van der Waals surface area (Å²) in [6.45, 7) is 2.57. The second kappa shape index (κ2) is 8.94. The van der Waals surface area contributed by atoms with E-state index in [0.29, 0.717) is 6.54 Å². The Hall–Kier alpha value is -2.93. The standard InChI is InChI=1S/C28H33N5OS/c1-18-17-35-26(31-18)15-30-27(29)32-25(34)16-33-23(22-5-3-2-4-6-22)7-8-24(33)28-12-19-9-20(13-28)11-21(10-19)14-28/h2-8,17,19-21H,9-16H2,1H3,(H3,29,30,32,34). The Morgan fingerprint density at radius 3 is 2.43 bits per heavy atom. The fourth-order valence-corrected chi connectivity index (χ4v) is 8.08. The highest BCUT2D eigenvalue weighted by Gasteiger charge is 2.52. The van der Waals surface area contributed by atoms with Crippen molar-refractivity contribution in [1.82, 2.24) is 14.9 Å². The molecule has 0 unspecified atom stereocenters. The molecular weight excluding hydrogens is 454 g/mol. The lowest BCUT2D eigenvalue weighted by Crippen LogP contribution is -2.49. The van der Waals surface area contributed by atoms with Gasteiger partial charge in [0.1, 0.15) is 11.6 Å². The third-order valence-corrected chi connectivity index (χ3v) is 9.20. The van der Waals surface area contributed by atoms with Crippen LogP contribution in [0.15, 0.2) is 52.8 Å². The topological polar surface area (TPSA) is 85.3 Å². The molecule has 1 aromatic carbocycles. The first-order chi connectivity index (χ1) is 17.0. The number of hydrogen-bond acceptors (Lipinski definition) is 4. The number of aromatic nitrogens is 2. The summed E-state index contributed by atoms with van der Waals surface area (Å²) in [6.07, 6.45) is 7.98. The van der Waals surface area contributed by atoms with Crippen LogP contribution < -0.4 is 11.1 Å². The number of thiazole rings is 1. The van der Waals surface area contributed by atoms with E-state index in [0.717, 1.165) is 39.7 Å². The SMILES string of the molecule is Cc1csc(CN=C(N)NC(=O)Cn2c(-c3ccccc3)ccc2C23CC4CC(CC(C4)C2)C3)n1. The van der Waals surface area contributed by atoms with Crippen molar-refractivity contribution in [3.05, 3.63) is 64.2 Å². The van der Waals surface area contributed by atoms with Crippen LogP contribution in [0.3, 0.4) is 0 Å². The van der Waals surface area contributed by atoms with E-state index in [1.54, 1.807) is 11.3 Å². The highest BCUT2D eigenvalue weighted by molar-refractivity contribution is 7.09. The maximum atomic E-state index is 13.2. The molecule has 0 radical (unpaired) electrons. The molecule has 182 valence electrons. The van der Waals surface area contributed by atoms with E-state index in [4.69, 9.17) is 5.73 Å². The van der Waals surface area contributed by atoms with Crippen LogP contribution in [0.2, 0.25) is 0 Å². The number of rotatable bonds is 6. The zero-order valence-electron chi connectivity index (χ0n) is 20.2. The Labute approximate surface area is 210 Å². The van der Waals surface area contributed by atoms with Crippen molar-refractivity contribution in [3.8, 4) is 11.3 Å². The molecule has 0 spiro atoms. The maximum absolute atomic E-state index is 13.2. The number of amides is 1. The maximum Gasteiger partial charge on any atom is 0.246 e. The predicted molar refractivity (Wildman–Crippen MR) is 140 cm³/mol. The average Bonchev–Trinajstić information content (AvgIpc) is 3.44. The molecule has 2 heterocycles. The molecule has 2 aromatic heterocycles. The van der Waals surface area contributed by atoms with Gasteiger partial charge in [0, 0.05) is 27.9 Å². The van der Waals surface area contributed by atoms with E-state index in [1.165, 1.54) is 44.2 Å². The van der Waals surface area contributed by atoms with Gasteiger partial charge in [-0.15, -0.1) is 11.3 Å². The minimum Gasteiger partial charge on any atom is -0.370 e. The summed E-state index contributed by atoms with van der Waals surface area (Å²) in [5, 5.41) is 5.70. The Morgan fingerprint density at radius 1 is 1.11 bits per heavy atom. The summed E-state index contributed by atoms with van der Waals surface area (Å²) >= 11 is 1.55. The van der Waals surface area contributed by atoms with E-state index in [9.17, 15) is 4.79 Å². The fourth-order valence-electron chi connectivity index (χ4n) is 7.38. The number of aliphatic imine (C=N–C) groups is 1. The molecule has 4 fully saturated rings. The second-order valence-corrected chi connectivity index (χ2v) is 11.8. The highest BCUT2D eigenvalue weighted by Crippen LogP contribution is 2.61. The Morgan fingerprint density at radius 2 is 1.80 bits per heavy atom. The normalized spacial score (nSPS) is 27.3. The number of benzene rings is 1. The molecule has 0 aliphatic heterocycles. The van der Waals surface area contributed by atoms with Crippen molar-refractivity contribution in [1.29, 1.82) is 0 Å². The molecule has 1 amide bonds. The van der Waals surface area contributed by atoms with Crippen LogP contribution in [0, 0.1) is 24.7 Å². The minimum absolute atomic E-state index is 0.138. The quantitative estimate of drug-likeness (QED) is 0.378. The lowest BCUT2D eigenvalue weighted by molar-refractivity contribution is -0.120. The molecule has 3 aromatic rings. The van der Waals surface area contributed by atoms with Gasteiger partial charge in [-0.1, -0.05) is 30.3 Å². The first-order valence-corrected chi connectivity index (χ1v) is 13.6. The largest absolute Gasteiger partial charge is 0.370 e. The molecule has 0 atom stereocenters. The average molecular weight is 488 g/mol. The van der Waals surface area contributed by atoms with Gasteiger partial charge in [-0.3, -0.25) is 10.1 Å². The molecule has 0 saturated heterocycles. The number of nitrogens with zero attached hydrogens (tertiary/aromatic N) is 3. The molecular formula is C28H33N5OS. The summed E-state index contributed by atoms with van der Waals surface area (Å²) in [5.41, 5.74) is 10.8. The van der Waals surface area contributed by atoms with Crippen LogP contribution in [0.25, 0.3) is 11.3 Å². The van der Waals surface area contributed by atoms with Crippen LogP contribution in [-0.2, 0) is 23.3 Å². The number of carbonyl (C=O) groups is 1. The smallest absolute Gasteiger partial charge is 0.246 e. The summed E-state index contributed by atoms with van der Waals surface area (Å²) < 4.78 is 2.26. The van der Waals surface area contributed by atoms with Crippen molar-refractivity contribution in [2.75, 3.05) is 0 Å². The zero-order chi connectivity index (χ0) is 24.0. The van der Waals surface area contributed by atoms with Gasteiger partial charge in [-0.05, 0) is 80.9 Å². The van der Waals surface area contributed by atoms with E-state index in [1.807, 2.05) is 18.4 Å². The van der Waals surface area contributed by atoms with Crippen molar-refractivity contribution in [2.45, 2.75) is 64.0 Å². The van der Waals surface area contributed by atoms with Gasteiger partial charge in [-0.2, -0.15) is 0 Å². The molecule has 4 aliphatic rings. The lowest BCUT2D eigenvalue weighted by Gasteiger charge is -2.57. The molecule has 3 N–H and O–H groups in total.